The quantitative estimate of drug-likeness (QED) is 0.601. The van der Waals surface area contributed by atoms with E-state index in [-0.39, 0.29) is 18.5 Å². The molecule has 31 heavy (non-hydrogen) atoms. The Kier molecular flexibility index (Phi) is 6.81. The van der Waals surface area contributed by atoms with Crippen molar-refractivity contribution in [3.05, 3.63) is 101 Å². The predicted octanol–water partition coefficient (Wildman–Crippen LogP) is 4.28. The van der Waals surface area contributed by atoms with E-state index >= 15 is 0 Å². The molecule has 0 fully saturated rings. The van der Waals surface area contributed by atoms with Crippen LogP contribution in [0.15, 0.2) is 72.8 Å². The summed E-state index contributed by atoms with van der Waals surface area (Å²) < 4.78 is 26.2. The van der Waals surface area contributed by atoms with E-state index in [9.17, 15) is 13.2 Å². The molecule has 0 spiro atoms. The number of anilines is 1. The Morgan fingerprint density at radius 1 is 0.871 bits per heavy atom. The van der Waals surface area contributed by atoms with Crippen molar-refractivity contribution in [2.45, 2.75) is 26.8 Å². The fraction of sp³-hybridized carbons (Fsp3) is 0.240. The minimum atomic E-state index is -3.65. The molecule has 3 rings (SSSR count). The van der Waals surface area contributed by atoms with E-state index in [2.05, 4.69) is 5.32 Å². The van der Waals surface area contributed by atoms with Gasteiger partial charge in [-0.1, -0.05) is 77.9 Å². The minimum absolute atomic E-state index is 0.294. The monoisotopic (exact) mass is 436 g/mol. The largest absolute Gasteiger partial charge is 0.344 e. The van der Waals surface area contributed by atoms with Gasteiger partial charge in [0, 0.05) is 0 Å². The number of rotatable bonds is 7. The molecule has 0 aliphatic carbocycles. The molecule has 0 bridgehead atoms. The Labute approximate surface area is 184 Å². The van der Waals surface area contributed by atoms with Gasteiger partial charge in [-0.25, -0.2) is 8.42 Å². The van der Waals surface area contributed by atoms with Crippen LogP contribution in [0.4, 0.5) is 5.69 Å². The lowest BCUT2D eigenvalue weighted by molar-refractivity contribution is -0.120. The van der Waals surface area contributed by atoms with Crippen LogP contribution < -0.4 is 9.62 Å². The molecule has 0 aliphatic rings. The van der Waals surface area contributed by atoms with Gasteiger partial charge in [-0.2, -0.15) is 0 Å². The molecule has 0 aliphatic heterocycles. The Morgan fingerprint density at radius 2 is 1.45 bits per heavy atom. The van der Waals surface area contributed by atoms with Crippen LogP contribution in [0.3, 0.4) is 0 Å². The second kappa shape index (κ2) is 9.35. The molecule has 0 aromatic heterocycles. The molecule has 3 aromatic rings. The zero-order valence-electron chi connectivity index (χ0n) is 18.3. The van der Waals surface area contributed by atoms with E-state index in [0.717, 1.165) is 38.4 Å². The number of hydrogen-bond donors (Lipinski definition) is 1. The number of aryl methyl sites for hydroxylation is 3. The van der Waals surface area contributed by atoms with Gasteiger partial charge in [0.05, 0.1) is 18.0 Å². The first-order chi connectivity index (χ1) is 14.6. The summed E-state index contributed by atoms with van der Waals surface area (Å²) in [5.41, 5.74) is 5.33. The van der Waals surface area contributed by atoms with Gasteiger partial charge in [0.25, 0.3) is 0 Å². The molecule has 0 heterocycles. The van der Waals surface area contributed by atoms with Crippen LogP contribution in [0, 0.1) is 20.8 Å². The van der Waals surface area contributed by atoms with E-state index < -0.39 is 10.0 Å². The third kappa shape index (κ3) is 5.73. The number of hydrogen-bond acceptors (Lipinski definition) is 3. The molecule has 0 unspecified atom stereocenters. The summed E-state index contributed by atoms with van der Waals surface area (Å²) in [5.74, 6) is -0.375. The number of carbonyl (C=O) groups excluding carboxylic acids is 1. The van der Waals surface area contributed by atoms with Crippen LogP contribution in [0.5, 0.6) is 0 Å². The van der Waals surface area contributed by atoms with Gasteiger partial charge in [0.2, 0.25) is 15.9 Å². The van der Waals surface area contributed by atoms with Gasteiger partial charge in [-0.3, -0.25) is 9.10 Å². The number of benzene rings is 3. The molecule has 0 saturated heterocycles. The fourth-order valence-electron chi connectivity index (χ4n) is 3.57. The normalized spacial score (nSPS) is 12.3. The van der Waals surface area contributed by atoms with E-state index in [1.54, 1.807) is 6.07 Å². The molecule has 6 heteroatoms. The lowest BCUT2D eigenvalue weighted by atomic mass is 9.98. The van der Waals surface area contributed by atoms with Crippen LogP contribution in [0.25, 0.3) is 0 Å². The highest BCUT2D eigenvalue weighted by molar-refractivity contribution is 7.92. The van der Waals surface area contributed by atoms with Gasteiger partial charge in [-0.15, -0.1) is 0 Å². The van der Waals surface area contributed by atoms with Crippen LogP contribution in [-0.4, -0.2) is 27.1 Å². The number of sulfonamides is 1. The maximum atomic E-state index is 13.1. The molecule has 5 nitrogen and oxygen atoms in total. The number of carbonyl (C=O) groups is 1. The minimum Gasteiger partial charge on any atom is -0.344 e. The second-order valence-corrected chi connectivity index (χ2v) is 9.79. The van der Waals surface area contributed by atoms with Crippen molar-refractivity contribution >= 4 is 21.6 Å². The van der Waals surface area contributed by atoms with Crippen molar-refractivity contribution in [1.82, 2.24) is 5.32 Å². The Bertz CT molecular complexity index is 1160. The van der Waals surface area contributed by atoms with E-state index in [4.69, 9.17) is 0 Å². The summed E-state index contributed by atoms with van der Waals surface area (Å²) in [7, 11) is -3.65. The maximum absolute atomic E-state index is 13.1. The van der Waals surface area contributed by atoms with Crippen LogP contribution in [0.2, 0.25) is 0 Å². The SMILES string of the molecule is Cc1ccc([C@@H](NC(=O)CN(c2ccc(C)cc2C)S(C)(=O)=O)c2ccccc2)cc1. The van der Waals surface area contributed by atoms with E-state index in [0.29, 0.717) is 5.69 Å². The zero-order valence-corrected chi connectivity index (χ0v) is 19.1. The van der Waals surface area contributed by atoms with Crippen molar-refractivity contribution in [2.24, 2.45) is 0 Å². The highest BCUT2D eigenvalue weighted by atomic mass is 32.2. The van der Waals surface area contributed by atoms with E-state index in [1.165, 1.54) is 0 Å². The van der Waals surface area contributed by atoms with Gasteiger partial charge < -0.3 is 5.32 Å². The van der Waals surface area contributed by atoms with Crippen LogP contribution in [-0.2, 0) is 14.8 Å². The first-order valence-electron chi connectivity index (χ1n) is 10.1. The topological polar surface area (TPSA) is 66.5 Å². The molecule has 162 valence electrons. The smallest absolute Gasteiger partial charge is 0.241 e. The molecule has 0 radical (unpaired) electrons. The molecule has 1 atom stereocenters. The standard InChI is InChI=1S/C25H28N2O3S/c1-18-10-13-22(14-11-18)25(21-8-6-5-7-9-21)26-24(28)17-27(31(4,29)30)23-15-12-19(2)16-20(23)3/h5-16,25H,17H2,1-4H3,(H,26,28)/t25-/m0/s1. The molecular weight excluding hydrogens is 408 g/mol. The Morgan fingerprint density at radius 3 is 2.03 bits per heavy atom. The third-order valence-electron chi connectivity index (χ3n) is 5.16. The lowest BCUT2D eigenvalue weighted by Gasteiger charge is -2.26. The average Bonchev–Trinajstić information content (AvgIpc) is 2.71. The molecule has 1 amide bonds. The summed E-state index contributed by atoms with van der Waals surface area (Å²) in [6.45, 7) is 5.50. The van der Waals surface area contributed by atoms with Crippen molar-refractivity contribution in [2.75, 3.05) is 17.1 Å². The van der Waals surface area contributed by atoms with Gasteiger partial charge in [0.1, 0.15) is 6.54 Å². The number of nitrogens with zero attached hydrogens (tertiary/aromatic N) is 1. The summed E-state index contributed by atoms with van der Waals surface area (Å²) in [6, 6.07) is 22.7. The number of amides is 1. The van der Waals surface area contributed by atoms with E-state index in [1.807, 2.05) is 87.5 Å². The summed E-state index contributed by atoms with van der Waals surface area (Å²) >= 11 is 0. The van der Waals surface area contributed by atoms with Gasteiger partial charge in [-0.05, 0) is 43.5 Å². The van der Waals surface area contributed by atoms with Crippen molar-refractivity contribution in [1.29, 1.82) is 0 Å². The van der Waals surface area contributed by atoms with Gasteiger partial charge in [0.15, 0.2) is 0 Å². The first kappa shape index (κ1) is 22.6. The average molecular weight is 437 g/mol. The van der Waals surface area contributed by atoms with Gasteiger partial charge >= 0.3 is 0 Å². The maximum Gasteiger partial charge on any atom is 0.241 e. The van der Waals surface area contributed by atoms with Crippen LogP contribution in [0.1, 0.15) is 33.9 Å². The number of nitrogens with one attached hydrogen (secondary N) is 1. The van der Waals surface area contributed by atoms with Crippen molar-refractivity contribution < 1.29 is 13.2 Å². The Hall–Kier alpha value is -3.12. The predicted molar refractivity (Wildman–Crippen MR) is 126 cm³/mol. The Balaban J connectivity index is 1.90. The molecule has 0 saturated carbocycles. The fourth-order valence-corrected chi connectivity index (χ4v) is 4.48. The molecule has 3 aromatic carbocycles. The summed E-state index contributed by atoms with van der Waals surface area (Å²) in [4.78, 5) is 13.1. The first-order valence-corrected chi connectivity index (χ1v) is 12.0. The van der Waals surface area contributed by atoms with Crippen molar-refractivity contribution in [3.63, 3.8) is 0 Å². The lowest BCUT2D eigenvalue weighted by Crippen LogP contribution is -2.42. The molecular formula is C25H28N2O3S. The summed E-state index contributed by atoms with van der Waals surface area (Å²) in [5, 5.41) is 3.03. The summed E-state index contributed by atoms with van der Waals surface area (Å²) in [6.07, 6.45) is 1.12. The highest BCUT2D eigenvalue weighted by Crippen LogP contribution is 2.25. The van der Waals surface area contributed by atoms with Crippen molar-refractivity contribution in [3.8, 4) is 0 Å². The molecule has 1 N–H and O–H groups in total. The zero-order chi connectivity index (χ0) is 22.6. The van der Waals surface area contributed by atoms with Crippen LogP contribution >= 0.6 is 0 Å². The highest BCUT2D eigenvalue weighted by Gasteiger charge is 2.24. The third-order valence-corrected chi connectivity index (χ3v) is 6.28. The second-order valence-electron chi connectivity index (χ2n) is 7.88.